The van der Waals surface area contributed by atoms with Crippen molar-refractivity contribution in [3.8, 4) is 0 Å². The summed E-state index contributed by atoms with van der Waals surface area (Å²) in [5.74, 6) is 0.639. The lowest BCUT2D eigenvalue weighted by Gasteiger charge is -2.34. The van der Waals surface area contributed by atoms with Crippen LogP contribution in [0.2, 0.25) is 0 Å². The van der Waals surface area contributed by atoms with Crippen LogP contribution in [0, 0.1) is 5.82 Å². The van der Waals surface area contributed by atoms with Crippen LogP contribution in [0.15, 0.2) is 29.3 Å². The molecule has 1 aromatic carbocycles. The Hall–Kier alpha value is -1.70. The fraction of sp³-hybridized carbons (Fsp3) is 0.708. The molecule has 176 valence electrons. The molecule has 1 saturated heterocycles. The molecule has 31 heavy (non-hydrogen) atoms. The van der Waals surface area contributed by atoms with Crippen LogP contribution in [0.5, 0.6) is 0 Å². The summed E-state index contributed by atoms with van der Waals surface area (Å²) in [4.78, 5) is 9.76. The van der Waals surface area contributed by atoms with Gasteiger partial charge in [-0.3, -0.25) is 9.89 Å². The molecule has 1 heterocycles. The van der Waals surface area contributed by atoms with Gasteiger partial charge in [-0.25, -0.2) is 4.39 Å². The lowest BCUT2D eigenvalue weighted by atomic mass is 10.0. The van der Waals surface area contributed by atoms with Gasteiger partial charge < -0.3 is 20.3 Å². The number of hydrogen-bond acceptors (Lipinski definition) is 4. The summed E-state index contributed by atoms with van der Waals surface area (Å²) < 4.78 is 19.0. The zero-order chi connectivity index (χ0) is 22.5. The summed E-state index contributed by atoms with van der Waals surface area (Å²) >= 11 is 0. The van der Waals surface area contributed by atoms with E-state index in [1.807, 2.05) is 12.1 Å². The topological polar surface area (TPSA) is 52.1 Å². The van der Waals surface area contributed by atoms with E-state index in [-0.39, 0.29) is 11.9 Å². The Morgan fingerprint density at radius 2 is 1.84 bits per heavy atom. The molecule has 0 bridgehead atoms. The summed E-state index contributed by atoms with van der Waals surface area (Å²) in [5, 5.41) is 6.94. The van der Waals surface area contributed by atoms with E-state index in [4.69, 9.17) is 9.73 Å². The molecule has 2 unspecified atom stereocenters. The lowest BCUT2D eigenvalue weighted by molar-refractivity contribution is 0.0179. The van der Waals surface area contributed by atoms with Crippen LogP contribution in [0.3, 0.4) is 0 Å². The van der Waals surface area contributed by atoms with Crippen molar-refractivity contribution < 1.29 is 9.13 Å². The van der Waals surface area contributed by atoms with E-state index >= 15 is 0 Å². The molecule has 2 rings (SSSR count). The highest BCUT2D eigenvalue weighted by atomic mass is 19.1. The highest BCUT2D eigenvalue weighted by Crippen LogP contribution is 2.22. The summed E-state index contributed by atoms with van der Waals surface area (Å²) in [6, 6.07) is 7.28. The zero-order valence-corrected chi connectivity index (χ0v) is 19.9. The van der Waals surface area contributed by atoms with Crippen molar-refractivity contribution in [3.05, 3.63) is 35.6 Å². The van der Waals surface area contributed by atoms with Gasteiger partial charge in [-0.15, -0.1) is 0 Å². The largest absolute Gasteiger partial charge is 0.379 e. The first-order valence-electron chi connectivity index (χ1n) is 11.9. The molecule has 2 N–H and O–H groups in total. The van der Waals surface area contributed by atoms with Crippen molar-refractivity contribution in [1.82, 2.24) is 20.4 Å². The number of guanidine groups is 1. The quantitative estimate of drug-likeness (QED) is 0.390. The molecule has 0 spiro atoms. The molecule has 0 aromatic heterocycles. The second kappa shape index (κ2) is 14.4. The summed E-state index contributed by atoms with van der Waals surface area (Å²) in [6.07, 6.45) is 2.27. The Morgan fingerprint density at radius 3 is 2.45 bits per heavy atom. The molecule has 1 aromatic rings. The van der Waals surface area contributed by atoms with Crippen molar-refractivity contribution in [2.24, 2.45) is 4.99 Å². The number of morpholine rings is 1. The normalized spacial score (nSPS) is 17.5. The number of nitrogens with zero attached hydrogens (tertiary/aromatic N) is 3. The highest BCUT2D eigenvalue weighted by Gasteiger charge is 2.23. The van der Waals surface area contributed by atoms with Gasteiger partial charge in [-0.2, -0.15) is 0 Å². The predicted octanol–water partition coefficient (Wildman–Crippen LogP) is 3.26. The molecule has 6 nitrogen and oxygen atoms in total. The van der Waals surface area contributed by atoms with Crippen molar-refractivity contribution >= 4 is 5.96 Å². The molecule has 1 aliphatic heterocycles. The minimum atomic E-state index is -0.207. The molecular formula is C24H42FN5O. The number of benzene rings is 1. The highest BCUT2D eigenvalue weighted by molar-refractivity contribution is 5.80. The van der Waals surface area contributed by atoms with Crippen LogP contribution < -0.4 is 10.6 Å². The second-order valence-corrected chi connectivity index (χ2v) is 8.15. The predicted molar refractivity (Wildman–Crippen MR) is 127 cm³/mol. The van der Waals surface area contributed by atoms with Gasteiger partial charge in [0.2, 0.25) is 0 Å². The SMILES string of the molecule is CCNC(=NCC(c1ccc(F)cc1)N1CCOCC1)NC(C)CCCN(CC)CC. The van der Waals surface area contributed by atoms with Gasteiger partial charge >= 0.3 is 0 Å². The third-order valence-corrected chi connectivity index (χ3v) is 5.90. The van der Waals surface area contributed by atoms with E-state index in [0.29, 0.717) is 12.6 Å². The summed E-state index contributed by atoms with van der Waals surface area (Å²) in [5.41, 5.74) is 1.09. The van der Waals surface area contributed by atoms with E-state index in [2.05, 4.69) is 48.1 Å². The van der Waals surface area contributed by atoms with E-state index in [1.165, 1.54) is 18.6 Å². The first-order valence-corrected chi connectivity index (χ1v) is 11.9. The van der Waals surface area contributed by atoms with Gasteiger partial charge in [0.15, 0.2) is 5.96 Å². The minimum Gasteiger partial charge on any atom is -0.379 e. The number of aliphatic imine (C=N–C) groups is 1. The standard InChI is InChI=1S/C24H42FN5O/c1-5-26-24(28-20(4)9-8-14-29(6-2)7-3)27-19-23(30-15-17-31-18-16-30)21-10-12-22(25)13-11-21/h10-13,20,23H,5-9,14-19H2,1-4H3,(H2,26,27,28). The van der Waals surface area contributed by atoms with Crippen molar-refractivity contribution in [3.63, 3.8) is 0 Å². The van der Waals surface area contributed by atoms with E-state index < -0.39 is 0 Å². The maximum absolute atomic E-state index is 13.5. The van der Waals surface area contributed by atoms with E-state index in [0.717, 1.165) is 70.4 Å². The van der Waals surface area contributed by atoms with Gasteiger partial charge in [-0.05, 0) is 64.0 Å². The van der Waals surface area contributed by atoms with Gasteiger partial charge in [0.1, 0.15) is 5.82 Å². The fourth-order valence-corrected chi connectivity index (χ4v) is 3.97. The molecule has 7 heteroatoms. The van der Waals surface area contributed by atoms with Crippen molar-refractivity contribution in [1.29, 1.82) is 0 Å². The average Bonchev–Trinajstić information content (AvgIpc) is 2.79. The molecule has 0 aliphatic carbocycles. The second-order valence-electron chi connectivity index (χ2n) is 8.15. The summed E-state index contributed by atoms with van der Waals surface area (Å²) in [7, 11) is 0. The van der Waals surface area contributed by atoms with Crippen molar-refractivity contribution in [2.75, 3.05) is 59.0 Å². The number of hydrogen-bond donors (Lipinski definition) is 2. The average molecular weight is 436 g/mol. The first-order chi connectivity index (χ1) is 15.1. The molecule has 0 radical (unpaired) electrons. The molecule has 1 fully saturated rings. The Bertz CT molecular complexity index is 629. The summed E-state index contributed by atoms with van der Waals surface area (Å²) in [6.45, 7) is 16.7. The Labute approximate surface area is 188 Å². The monoisotopic (exact) mass is 435 g/mol. The molecule has 0 saturated carbocycles. The molecule has 1 aliphatic rings. The Balaban J connectivity index is 2.00. The van der Waals surface area contributed by atoms with Crippen LogP contribution in [0.25, 0.3) is 0 Å². The number of ether oxygens (including phenoxy) is 1. The van der Waals surface area contributed by atoms with Crippen molar-refractivity contribution in [2.45, 2.75) is 52.6 Å². The van der Waals surface area contributed by atoms with Crippen LogP contribution >= 0.6 is 0 Å². The van der Waals surface area contributed by atoms with E-state index in [1.54, 1.807) is 0 Å². The smallest absolute Gasteiger partial charge is 0.191 e. The lowest BCUT2D eigenvalue weighted by Crippen LogP contribution is -2.44. The number of nitrogens with one attached hydrogen (secondary N) is 2. The minimum absolute atomic E-state index is 0.109. The first kappa shape index (κ1) is 25.6. The van der Waals surface area contributed by atoms with Gasteiger partial charge in [0, 0.05) is 25.7 Å². The Morgan fingerprint density at radius 1 is 1.16 bits per heavy atom. The zero-order valence-electron chi connectivity index (χ0n) is 19.9. The van der Waals surface area contributed by atoms with Crippen LogP contribution in [0.1, 0.15) is 52.1 Å². The van der Waals surface area contributed by atoms with Crippen LogP contribution in [-0.4, -0.2) is 80.8 Å². The van der Waals surface area contributed by atoms with Gasteiger partial charge in [-0.1, -0.05) is 26.0 Å². The molecular weight excluding hydrogens is 393 g/mol. The van der Waals surface area contributed by atoms with Crippen LogP contribution in [0.4, 0.5) is 4.39 Å². The molecule has 0 amide bonds. The maximum Gasteiger partial charge on any atom is 0.191 e. The van der Waals surface area contributed by atoms with Gasteiger partial charge in [0.25, 0.3) is 0 Å². The third-order valence-electron chi connectivity index (χ3n) is 5.90. The van der Waals surface area contributed by atoms with Crippen LogP contribution in [-0.2, 0) is 4.74 Å². The fourth-order valence-electron chi connectivity index (χ4n) is 3.97. The number of rotatable bonds is 12. The third kappa shape index (κ3) is 9.13. The van der Waals surface area contributed by atoms with Gasteiger partial charge in [0.05, 0.1) is 25.8 Å². The maximum atomic E-state index is 13.5. The van der Waals surface area contributed by atoms with E-state index in [9.17, 15) is 4.39 Å². The molecule has 2 atom stereocenters. The number of halogens is 1. The Kier molecular flexibility index (Phi) is 11.9.